The van der Waals surface area contributed by atoms with Gasteiger partial charge in [-0.2, -0.15) is 0 Å². The Kier molecular flexibility index (Phi) is 4.59. The molecule has 0 spiro atoms. The minimum Gasteiger partial charge on any atom is -0.492 e. The molecule has 0 aromatic heterocycles. The average Bonchev–Trinajstić information content (AvgIpc) is 2.40. The van der Waals surface area contributed by atoms with Crippen LogP contribution in [-0.4, -0.2) is 13.2 Å². The van der Waals surface area contributed by atoms with E-state index in [2.05, 4.69) is 21.2 Å². The van der Waals surface area contributed by atoms with Crippen molar-refractivity contribution < 1.29 is 9.13 Å². The predicted molar refractivity (Wildman–Crippen MR) is 74.5 cm³/mol. The van der Waals surface area contributed by atoms with E-state index in [-0.39, 0.29) is 5.82 Å². The molecular weight excluding hydrogens is 297 g/mol. The van der Waals surface area contributed by atoms with Crippen LogP contribution >= 0.6 is 15.9 Å². The van der Waals surface area contributed by atoms with Gasteiger partial charge in [0.15, 0.2) is 0 Å². The zero-order valence-electron chi connectivity index (χ0n) is 9.70. The van der Waals surface area contributed by atoms with Gasteiger partial charge in [-0.15, -0.1) is 0 Å². The van der Waals surface area contributed by atoms with E-state index in [0.717, 1.165) is 11.4 Å². The standard InChI is InChI=1S/C14H13BrFNO/c15-13-10-11(6-7-14(13)16)17-8-9-18-12-4-2-1-3-5-12/h1-7,10,17H,8-9H2. The van der Waals surface area contributed by atoms with E-state index in [1.807, 2.05) is 30.3 Å². The first-order valence-corrected chi connectivity index (χ1v) is 6.42. The maximum atomic E-state index is 13.0. The molecule has 0 amide bonds. The number of nitrogens with one attached hydrogen (secondary N) is 1. The summed E-state index contributed by atoms with van der Waals surface area (Å²) in [6.07, 6.45) is 0. The fourth-order valence-electron chi connectivity index (χ4n) is 1.49. The molecule has 0 aliphatic carbocycles. The minimum absolute atomic E-state index is 0.263. The lowest BCUT2D eigenvalue weighted by molar-refractivity contribution is 0.333. The molecule has 0 aliphatic rings. The largest absolute Gasteiger partial charge is 0.492 e. The Balaban J connectivity index is 1.77. The number of rotatable bonds is 5. The molecule has 0 saturated carbocycles. The molecule has 2 rings (SSSR count). The van der Waals surface area contributed by atoms with Crippen LogP contribution in [0.4, 0.5) is 10.1 Å². The predicted octanol–water partition coefficient (Wildman–Crippen LogP) is 4.08. The lowest BCUT2D eigenvalue weighted by Crippen LogP contribution is -2.11. The summed E-state index contributed by atoms with van der Waals surface area (Å²) >= 11 is 3.15. The molecule has 4 heteroatoms. The topological polar surface area (TPSA) is 21.3 Å². The van der Waals surface area contributed by atoms with E-state index in [1.165, 1.54) is 6.07 Å². The van der Waals surface area contributed by atoms with Crippen LogP contribution in [-0.2, 0) is 0 Å². The summed E-state index contributed by atoms with van der Waals surface area (Å²) in [6.45, 7) is 1.21. The second-order valence-corrected chi connectivity index (χ2v) is 4.57. The highest BCUT2D eigenvalue weighted by molar-refractivity contribution is 9.10. The Hall–Kier alpha value is -1.55. The van der Waals surface area contributed by atoms with Gasteiger partial charge in [-0.3, -0.25) is 0 Å². The first-order valence-electron chi connectivity index (χ1n) is 5.62. The van der Waals surface area contributed by atoms with Crippen molar-refractivity contribution in [3.05, 3.63) is 58.8 Å². The van der Waals surface area contributed by atoms with Crippen LogP contribution in [0.5, 0.6) is 5.75 Å². The van der Waals surface area contributed by atoms with Crippen molar-refractivity contribution in [2.45, 2.75) is 0 Å². The number of hydrogen-bond donors (Lipinski definition) is 1. The molecule has 0 unspecified atom stereocenters. The Morgan fingerprint density at radius 2 is 1.89 bits per heavy atom. The molecule has 0 fully saturated rings. The van der Waals surface area contributed by atoms with E-state index in [9.17, 15) is 4.39 Å². The van der Waals surface area contributed by atoms with E-state index in [4.69, 9.17) is 4.74 Å². The Labute approximate surface area is 114 Å². The van der Waals surface area contributed by atoms with Crippen LogP contribution in [0.1, 0.15) is 0 Å². The van der Waals surface area contributed by atoms with Crippen LogP contribution in [0.25, 0.3) is 0 Å². The molecule has 0 saturated heterocycles. The van der Waals surface area contributed by atoms with Gasteiger partial charge in [-0.1, -0.05) is 18.2 Å². The first-order chi connectivity index (χ1) is 8.75. The SMILES string of the molecule is Fc1ccc(NCCOc2ccccc2)cc1Br. The van der Waals surface area contributed by atoms with Crippen molar-refractivity contribution >= 4 is 21.6 Å². The fraction of sp³-hybridized carbons (Fsp3) is 0.143. The third-order valence-corrected chi connectivity index (χ3v) is 2.97. The van der Waals surface area contributed by atoms with Crippen molar-refractivity contribution in [2.24, 2.45) is 0 Å². The van der Waals surface area contributed by atoms with Crippen LogP contribution in [0.2, 0.25) is 0 Å². The third kappa shape index (κ3) is 3.74. The number of hydrogen-bond acceptors (Lipinski definition) is 2. The van der Waals surface area contributed by atoms with Crippen molar-refractivity contribution in [1.82, 2.24) is 0 Å². The average molecular weight is 310 g/mol. The maximum absolute atomic E-state index is 13.0. The highest BCUT2D eigenvalue weighted by Gasteiger charge is 1.99. The highest BCUT2D eigenvalue weighted by atomic mass is 79.9. The van der Waals surface area contributed by atoms with Crippen molar-refractivity contribution in [3.8, 4) is 5.75 Å². The summed E-state index contributed by atoms with van der Waals surface area (Å²) in [4.78, 5) is 0. The summed E-state index contributed by atoms with van der Waals surface area (Å²) in [5, 5.41) is 3.16. The fourth-order valence-corrected chi connectivity index (χ4v) is 1.87. The minimum atomic E-state index is -0.263. The third-order valence-electron chi connectivity index (χ3n) is 2.36. The molecule has 94 valence electrons. The molecule has 0 bridgehead atoms. The number of halogens is 2. The number of benzene rings is 2. The van der Waals surface area contributed by atoms with Crippen molar-refractivity contribution in [1.29, 1.82) is 0 Å². The van der Waals surface area contributed by atoms with Gasteiger partial charge in [0.1, 0.15) is 18.2 Å². The van der Waals surface area contributed by atoms with Crippen LogP contribution in [0.3, 0.4) is 0 Å². The highest BCUT2D eigenvalue weighted by Crippen LogP contribution is 2.19. The smallest absolute Gasteiger partial charge is 0.137 e. The molecule has 0 aliphatic heterocycles. The molecular formula is C14H13BrFNO. The Morgan fingerprint density at radius 1 is 1.11 bits per heavy atom. The summed E-state index contributed by atoms with van der Waals surface area (Å²) in [7, 11) is 0. The summed E-state index contributed by atoms with van der Waals surface area (Å²) in [6, 6.07) is 14.5. The molecule has 2 aromatic carbocycles. The molecule has 2 nitrogen and oxygen atoms in total. The van der Waals surface area contributed by atoms with Gasteiger partial charge in [-0.25, -0.2) is 4.39 Å². The monoisotopic (exact) mass is 309 g/mol. The van der Waals surface area contributed by atoms with E-state index in [1.54, 1.807) is 12.1 Å². The molecule has 18 heavy (non-hydrogen) atoms. The zero-order chi connectivity index (χ0) is 12.8. The summed E-state index contributed by atoms with van der Waals surface area (Å²) < 4.78 is 19.0. The van der Waals surface area contributed by atoms with Crippen molar-refractivity contribution in [3.63, 3.8) is 0 Å². The number of anilines is 1. The van der Waals surface area contributed by atoms with Crippen LogP contribution in [0, 0.1) is 5.82 Å². The first kappa shape index (κ1) is 12.9. The van der Waals surface area contributed by atoms with E-state index < -0.39 is 0 Å². The molecule has 0 radical (unpaired) electrons. The zero-order valence-corrected chi connectivity index (χ0v) is 11.3. The van der Waals surface area contributed by atoms with Gasteiger partial charge >= 0.3 is 0 Å². The van der Waals surface area contributed by atoms with Crippen LogP contribution < -0.4 is 10.1 Å². The Morgan fingerprint density at radius 3 is 2.61 bits per heavy atom. The quantitative estimate of drug-likeness (QED) is 0.840. The second-order valence-electron chi connectivity index (χ2n) is 3.72. The number of ether oxygens (including phenoxy) is 1. The lowest BCUT2D eigenvalue weighted by atomic mass is 10.3. The van der Waals surface area contributed by atoms with Gasteiger partial charge in [0, 0.05) is 12.2 Å². The lowest BCUT2D eigenvalue weighted by Gasteiger charge is -2.09. The van der Waals surface area contributed by atoms with Crippen molar-refractivity contribution in [2.75, 3.05) is 18.5 Å². The summed E-state index contributed by atoms with van der Waals surface area (Å²) in [5.41, 5.74) is 0.861. The van der Waals surface area contributed by atoms with Crippen LogP contribution in [0.15, 0.2) is 53.0 Å². The number of para-hydroxylation sites is 1. The van der Waals surface area contributed by atoms with Gasteiger partial charge in [-0.05, 0) is 46.3 Å². The van der Waals surface area contributed by atoms with E-state index >= 15 is 0 Å². The van der Waals surface area contributed by atoms with Gasteiger partial charge in [0.25, 0.3) is 0 Å². The normalized spacial score (nSPS) is 10.1. The van der Waals surface area contributed by atoms with Gasteiger partial charge in [0.2, 0.25) is 0 Å². The maximum Gasteiger partial charge on any atom is 0.137 e. The second kappa shape index (κ2) is 6.40. The van der Waals surface area contributed by atoms with Gasteiger partial charge in [0.05, 0.1) is 4.47 Å². The molecule has 0 atom stereocenters. The molecule has 2 aromatic rings. The van der Waals surface area contributed by atoms with Gasteiger partial charge < -0.3 is 10.1 Å². The molecule has 1 N–H and O–H groups in total. The Bertz CT molecular complexity index is 504. The molecule has 0 heterocycles. The summed E-state index contributed by atoms with van der Waals surface area (Å²) in [5.74, 6) is 0.584. The van der Waals surface area contributed by atoms with E-state index in [0.29, 0.717) is 17.6 Å².